The van der Waals surface area contributed by atoms with Crippen LogP contribution in [0, 0.1) is 23.5 Å². The molecule has 3 rings (SSSR count). The van der Waals surface area contributed by atoms with Gasteiger partial charge in [0.1, 0.15) is 29.8 Å². The Balaban J connectivity index is 1.77. The van der Waals surface area contributed by atoms with Gasteiger partial charge in [-0.15, -0.1) is 0 Å². The van der Waals surface area contributed by atoms with E-state index in [4.69, 9.17) is 14.6 Å². The maximum atomic E-state index is 14.4. The van der Waals surface area contributed by atoms with E-state index >= 15 is 0 Å². The fourth-order valence-corrected chi connectivity index (χ4v) is 5.38. The lowest BCUT2D eigenvalue weighted by Crippen LogP contribution is -2.57. The summed E-state index contributed by atoms with van der Waals surface area (Å²) < 4.78 is 67.1. The summed E-state index contributed by atoms with van der Waals surface area (Å²) in [6.45, 7) is 6.76. The number of carboxylic acid groups (broad SMARTS) is 1. The number of carboxylic acids is 1. The number of likely N-dealkylation sites (tertiary alicyclic amines) is 1. The summed E-state index contributed by atoms with van der Waals surface area (Å²) in [5, 5.41) is 16.1. The number of halogens is 4. The molecule has 0 saturated carbocycles. The van der Waals surface area contributed by atoms with Gasteiger partial charge in [-0.2, -0.15) is 0 Å². The fraction of sp³-hybridized carbons (Fsp3) is 0.514. The Morgan fingerprint density at radius 1 is 0.980 bits per heavy atom. The van der Waals surface area contributed by atoms with Crippen molar-refractivity contribution in [3.05, 3.63) is 70.8 Å². The summed E-state index contributed by atoms with van der Waals surface area (Å²) >= 11 is 0. The molecule has 4 atom stereocenters. The minimum Gasteiger partial charge on any atom is -0.478 e. The van der Waals surface area contributed by atoms with Crippen LogP contribution in [0.2, 0.25) is 0 Å². The van der Waals surface area contributed by atoms with E-state index in [0.29, 0.717) is 12.1 Å². The molecule has 0 spiro atoms. The Labute approximate surface area is 293 Å². The van der Waals surface area contributed by atoms with E-state index in [1.54, 1.807) is 13.8 Å². The highest BCUT2D eigenvalue weighted by atomic mass is 19.3. The molecular formula is C35H44F4N4O8. The molecule has 0 bridgehead atoms. The summed E-state index contributed by atoms with van der Waals surface area (Å²) in [6, 6.07) is 6.12. The number of alkyl carbamates (subject to hydrolysis) is 1. The Hall–Kier alpha value is -4.73. The normalized spacial score (nSPS) is 17.0. The Bertz CT molecular complexity index is 1510. The molecular weight excluding hydrogens is 680 g/mol. The predicted octanol–water partition coefficient (Wildman–Crippen LogP) is 4.05. The monoisotopic (exact) mass is 724 g/mol. The molecule has 2 aromatic carbocycles. The van der Waals surface area contributed by atoms with E-state index < -0.39 is 109 Å². The van der Waals surface area contributed by atoms with Gasteiger partial charge >= 0.3 is 12.1 Å². The molecule has 1 saturated heterocycles. The Morgan fingerprint density at radius 3 is 2.20 bits per heavy atom. The lowest BCUT2D eigenvalue weighted by Gasteiger charge is -2.31. The van der Waals surface area contributed by atoms with Crippen LogP contribution in [0.1, 0.15) is 62.0 Å². The fourth-order valence-electron chi connectivity index (χ4n) is 5.38. The molecule has 12 nitrogen and oxygen atoms in total. The molecule has 1 fully saturated rings. The first-order valence-electron chi connectivity index (χ1n) is 16.5. The molecule has 4 amide bonds. The number of hydrogen-bond donors (Lipinski definition) is 4. The Morgan fingerprint density at radius 2 is 1.63 bits per heavy atom. The van der Waals surface area contributed by atoms with Gasteiger partial charge in [-0.3, -0.25) is 14.4 Å². The molecule has 1 aliphatic rings. The number of nitrogens with one attached hydrogen (secondary N) is 3. The second-order valence-electron chi connectivity index (χ2n) is 13.0. The van der Waals surface area contributed by atoms with Crippen molar-refractivity contribution in [2.45, 2.75) is 84.2 Å². The van der Waals surface area contributed by atoms with E-state index in [-0.39, 0.29) is 32.1 Å². The van der Waals surface area contributed by atoms with Gasteiger partial charge in [-0.05, 0) is 36.0 Å². The number of ether oxygens (including phenoxy) is 2. The lowest BCUT2D eigenvalue weighted by atomic mass is 10.0. The third-order valence-corrected chi connectivity index (χ3v) is 8.04. The van der Waals surface area contributed by atoms with Crippen LogP contribution in [0.25, 0.3) is 0 Å². The molecule has 1 heterocycles. The molecule has 51 heavy (non-hydrogen) atoms. The van der Waals surface area contributed by atoms with Crippen molar-refractivity contribution in [2.75, 3.05) is 19.7 Å². The third kappa shape index (κ3) is 12.2. The maximum absolute atomic E-state index is 14.4. The van der Waals surface area contributed by atoms with Gasteiger partial charge in [0.25, 0.3) is 0 Å². The number of carbonyl (C=O) groups is 5. The average Bonchev–Trinajstić information content (AvgIpc) is 3.50. The highest BCUT2D eigenvalue weighted by molar-refractivity contribution is 5.94. The van der Waals surface area contributed by atoms with Crippen LogP contribution in [0.3, 0.4) is 0 Å². The number of alkyl halides is 2. The predicted molar refractivity (Wildman–Crippen MR) is 176 cm³/mol. The number of hydrogen-bond acceptors (Lipinski definition) is 7. The lowest BCUT2D eigenvalue weighted by molar-refractivity contribution is -0.141. The maximum Gasteiger partial charge on any atom is 0.407 e. The summed E-state index contributed by atoms with van der Waals surface area (Å²) in [5.41, 5.74) is -0.326. The molecule has 1 aliphatic heterocycles. The highest BCUT2D eigenvalue weighted by Gasteiger charge is 2.44. The molecule has 16 heteroatoms. The number of nitrogens with zero attached hydrogens (tertiary/aromatic N) is 1. The van der Waals surface area contributed by atoms with Crippen molar-refractivity contribution in [1.82, 2.24) is 20.9 Å². The summed E-state index contributed by atoms with van der Waals surface area (Å²) in [5.74, 6) is -6.96. The van der Waals surface area contributed by atoms with Crippen molar-refractivity contribution in [3.8, 4) is 0 Å². The van der Waals surface area contributed by atoms with E-state index in [2.05, 4.69) is 16.0 Å². The SMILES string of the molecule is CC(C)COC(=O)N[C@H](C(=O)N1C[C@H](OCc2ccccc2)CC1C(=O)N[C@@H](CC(F)F)C(=O)NCCc1c(F)cc(C(=O)O)cc1F)C(C)C. The van der Waals surface area contributed by atoms with Gasteiger partial charge < -0.3 is 35.4 Å². The zero-order valence-corrected chi connectivity index (χ0v) is 28.8. The topological polar surface area (TPSA) is 163 Å². The van der Waals surface area contributed by atoms with E-state index in [1.807, 2.05) is 44.2 Å². The minimum atomic E-state index is -3.05. The van der Waals surface area contributed by atoms with E-state index in [0.717, 1.165) is 5.56 Å². The van der Waals surface area contributed by atoms with Crippen molar-refractivity contribution in [3.63, 3.8) is 0 Å². The average molecular weight is 725 g/mol. The van der Waals surface area contributed by atoms with Gasteiger partial charge in [-0.1, -0.05) is 58.0 Å². The van der Waals surface area contributed by atoms with Crippen LogP contribution in [-0.2, 0) is 36.9 Å². The minimum absolute atomic E-state index is 0.0317. The summed E-state index contributed by atoms with van der Waals surface area (Å²) in [7, 11) is 0. The molecule has 0 radical (unpaired) electrons. The van der Waals surface area contributed by atoms with Crippen LogP contribution in [0.5, 0.6) is 0 Å². The molecule has 0 aromatic heterocycles. The number of benzene rings is 2. The second kappa shape index (κ2) is 19.0. The zero-order valence-electron chi connectivity index (χ0n) is 28.8. The number of amides is 4. The van der Waals surface area contributed by atoms with Gasteiger partial charge in [0.2, 0.25) is 24.1 Å². The number of aromatic carboxylic acids is 1. The van der Waals surface area contributed by atoms with E-state index in [1.165, 1.54) is 4.90 Å². The third-order valence-electron chi connectivity index (χ3n) is 8.04. The number of rotatable bonds is 17. The quantitative estimate of drug-likeness (QED) is 0.178. The van der Waals surface area contributed by atoms with Gasteiger partial charge in [0, 0.05) is 31.5 Å². The summed E-state index contributed by atoms with van der Waals surface area (Å²) in [4.78, 5) is 65.4. The highest BCUT2D eigenvalue weighted by Crippen LogP contribution is 2.25. The largest absolute Gasteiger partial charge is 0.478 e. The standard InChI is InChI=1S/C35H44F4N4O8/c1-19(2)17-51-35(49)42-30(20(3)4)33(46)43-16-23(50-18-21-8-6-5-7-9-21)14-28(43)32(45)41-27(15-29(38)39)31(44)40-11-10-24-25(36)12-22(34(47)48)13-26(24)37/h5-9,12-13,19-20,23,27-30H,10-11,14-18H2,1-4H3,(H,40,44)(H,41,45)(H,42,49)(H,47,48)/t23-,27+,28?,30+/m1/s1. The van der Waals surface area contributed by atoms with E-state index in [9.17, 15) is 41.5 Å². The smallest absolute Gasteiger partial charge is 0.407 e. The van der Waals surface area contributed by atoms with Crippen LogP contribution in [-0.4, -0.2) is 90.1 Å². The van der Waals surface area contributed by atoms with Crippen LogP contribution < -0.4 is 16.0 Å². The first-order valence-corrected chi connectivity index (χ1v) is 16.5. The zero-order chi connectivity index (χ0) is 37.8. The van der Waals surface area contributed by atoms with Crippen molar-refractivity contribution < 1.29 is 56.1 Å². The first-order chi connectivity index (χ1) is 24.1. The molecule has 4 N–H and O–H groups in total. The number of carbonyl (C=O) groups excluding carboxylic acids is 4. The summed E-state index contributed by atoms with van der Waals surface area (Å²) in [6.07, 6.45) is -6.17. The molecule has 0 aliphatic carbocycles. The van der Waals surface area contributed by atoms with Crippen molar-refractivity contribution in [2.24, 2.45) is 11.8 Å². The molecule has 1 unspecified atom stereocenters. The van der Waals surface area contributed by atoms with Gasteiger partial charge in [0.15, 0.2) is 0 Å². The van der Waals surface area contributed by atoms with Crippen molar-refractivity contribution in [1.29, 1.82) is 0 Å². The molecule has 2 aromatic rings. The van der Waals surface area contributed by atoms with Gasteiger partial charge in [0.05, 0.1) is 24.9 Å². The first kappa shape index (κ1) is 40.7. The van der Waals surface area contributed by atoms with Crippen LogP contribution in [0.15, 0.2) is 42.5 Å². The van der Waals surface area contributed by atoms with Crippen LogP contribution >= 0.6 is 0 Å². The van der Waals surface area contributed by atoms with Gasteiger partial charge in [-0.25, -0.2) is 27.2 Å². The Kier molecular flexibility index (Phi) is 15.2. The van der Waals surface area contributed by atoms with Crippen LogP contribution in [0.4, 0.5) is 22.4 Å². The molecule has 280 valence electrons. The second-order valence-corrected chi connectivity index (χ2v) is 13.0. The van der Waals surface area contributed by atoms with Crippen molar-refractivity contribution >= 4 is 29.8 Å².